The van der Waals surface area contributed by atoms with Crippen molar-refractivity contribution in [2.45, 2.75) is 39.5 Å². The van der Waals surface area contributed by atoms with E-state index in [4.69, 9.17) is 4.84 Å². The Morgan fingerprint density at radius 2 is 1.67 bits per heavy atom. The number of anilines is 3. The lowest BCUT2D eigenvalue weighted by Crippen LogP contribution is -2.24. The molecule has 2 aromatic heterocycles. The summed E-state index contributed by atoms with van der Waals surface area (Å²) in [5.41, 5.74) is 2.09. The first-order chi connectivity index (χ1) is 11.0. The number of nitrogens with one attached hydrogen (secondary N) is 2. The number of hydrogen-bond acceptors (Lipinski definition) is 8. The minimum absolute atomic E-state index is 0.0225. The molecule has 130 valence electrons. The van der Waals surface area contributed by atoms with E-state index in [1.165, 1.54) is 6.07 Å². The zero-order valence-electron chi connectivity index (χ0n) is 13.4. The van der Waals surface area contributed by atoms with Crippen LogP contribution in [0.25, 0.3) is 0 Å². The van der Waals surface area contributed by atoms with Gasteiger partial charge in [0.1, 0.15) is 11.6 Å². The summed E-state index contributed by atoms with van der Waals surface area (Å²) in [7, 11) is 0. The lowest BCUT2D eigenvalue weighted by molar-refractivity contribution is -0.144. The molecule has 11 heteroatoms. The van der Waals surface area contributed by atoms with E-state index in [0.717, 1.165) is 6.20 Å². The second-order valence-corrected chi connectivity index (χ2v) is 5.73. The lowest BCUT2D eigenvalue weighted by Gasteiger charge is -2.19. The van der Waals surface area contributed by atoms with Crippen LogP contribution in [0.15, 0.2) is 12.3 Å². The molecule has 0 amide bonds. The van der Waals surface area contributed by atoms with Crippen LogP contribution in [0, 0.1) is 6.92 Å². The van der Waals surface area contributed by atoms with Crippen LogP contribution in [-0.4, -0.2) is 30.5 Å². The number of nitrogens with zero attached hydrogens (tertiary/aromatic N) is 5. The van der Waals surface area contributed by atoms with E-state index in [1.54, 1.807) is 6.92 Å². The molecule has 0 spiro atoms. The van der Waals surface area contributed by atoms with Gasteiger partial charge in [-0.05, 0) is 33.8 Å². The molecule has 0 aliphatic rings. The molecule has 0 aromatic carbocycles. The molecule has 24 heavy (non-hydrogen) atoms. The number of hydrogen-bond donors (Lipinski definition) is 2. The molecule has 2 heterocycles. The Balaban J connectivity index is 2.19. The second kappa shape index (κ2) is 6.51. The smallest absolute Gasteiger partial charge is 0.308 e. The van der Waals surface area contributed by atoms with Crippen LogP contribution in [0.2, 0.25) is 0 Å². The van der Waals surface area contributed by atoms with E-state index in [-0.39, 0.29) is 17.7 Å². The van der Waals surface area contributed by atoms with Crippen molar-refractivity contribution in [3.05, 3.63) is 23.9 Å². The number of alkyl halides is 3. The third-order valence-corrected chi connectivity index (χ3v) is 2.34. The maximum atomic E-state index is 12.6. The Kier molecular flexibility index (Phi) is 4.83. The highest BCUT2D eigenvalue weighted by Gasteiger charge is 2.34. The van der Waals surface area contributed by atoms with Crippen molar-refractivity contribution in [1.82, 2.24) is 24.9 Å². The molecule has 0 atom stereocenters. The van der Waals surface area contributed by atoms with Crippen molar-refractivity contribution in [3.63, 3.8) is 0 Å². The highest BCUT2D eigenvalue weighted by Crippen LogP contribution is 2.26. The normalized spacial score (nSPS) is 12.1. The molecule has 0 unspecified atom stereocenters. The Morgan fingerprint density at radius 3 is 2.29 bits per heavy atom. The number of aryl methyl sites for hydroxylation is 1. The van der Waals surface area contributed by atoms with Crippen molar-refractivity contribution < 1.29 is 18.0 Å². The van der Waals surface area contributed by atoms with Crippen molar-refractivity contribution >= 4 is 17.7 Å². The first kappa shape index (κ1) is 17.8. The zero-order chi connectivity index (χ0) is 18.0. The van der Waals surface area contributed by atoms with Gasteiger partial charge in [0.2, 0.25) is 11.8 Å². The quantitative estimate of drug-likeness (QED) is 0.818. The third-order valence-electron chi connectivity index (χ3n) is 2.34. The van der Waals surface area contributed by atoms with Crippen molar-refractivity contribution in [3.8, 4) is 0 Å². The number of aromatic nitrogens is 5. The first-order valence-electron chi connectivity index (χ1n) is 6.87. The van der Waals surface area contributed by atoms with Crippen LogP contribution in [0.3, 0.4) is 0 Å². The van der Waals surface area contributed by atoms with Gasteiger partial charge in [-0.3, -0.25) is 4.84 Å². The molecule has 0 saturated carbocycles. The topological polar surface area (TPSA) is 97.7 Å². The van der Waals surface area contributed by atoms with Crippen LogP contribution in [-0.2, 0) is 11.0 Å². The maximum absolute atomic E-state index is 12.6. The standard InChI is InChI=1S/C13H16F3N7O/c1-7-18-10(22-11(19-7)23-24-12(2,3)4)21-8-5-6-17-9(20-8)13(14,15)16/h5-6H,1-4H3,(H2,17,18,19,20,21,22,23). The fourth-order valence-corrected chi connectivity index (χ4v) is 1.46. The third kappa shape index (κ3) is 5.26. The SMILES string of the molecule is Cc1nc(NOC(C)(C)C)nc(Nc2ccnc(C(F)(F)F)n2)n1. The molecule has 0 fully saturated rings. The lowest BCUT2D eigenvalue weighted by atomic mass is 10.2. The highest BCUT2D eigenvalue weighted by molar-refractivity contribution is 5.48. The summed E-state index contributed by atoms with van der Waals surface area (Å²) >= 11 is 0. The summed E-state index contributed by atoms with van der Waals surface area (Å²) in [6.45, 7) is 7.09. The second-order valence-electron chi connectivity index (χ2n) is 5.73. The molecule has 0 aliphatic heterocycles. The minimum atomic E-state index is -4.64. The van der Waals surface area contributed by atoms with Gasteiger partial charge in [0, 0.05) is 6.20 Å². The Hall–Kier alpha value is -2.56. The Bertz CT molecular complexity index is 715. The Morgan fingerprint density at radius 1 is 1.00 bits per heavy atom. The van der Waals surface area contributed by atoms with Gasteiger partial charge in [-0.15, -0.1) is 0 Å². The van der Waals surface area contributed by atoms with E-state index < -0.39 is 17.6 Å². The summed E-state index contributed by atoms with van der Waals surface area (Å²) in [5, 5.41) is 2.59. The van der Waals surface area contributed by atoms with E-state index in [1.807, 2.05) is 20.8 Å². The molecule has 0 radical (unpaired) electrons. The summed E-state index contributed by atoms with van der Waals surface area (Å²) in [4.78, 5) is 23.9. The summed E-state index contributed by atoms with van der Waals surface area (Å²) in [6.07, 6.45) is -3.64. The molecule has 0 saturated heterocycles. The largest absolute Gasteiger partial charge is 0.451 e. The average molecular weight is 343 g/mol. The van der Waals surface area contributed by atoms with Gasteiger partial charge in [-0.2, -0.15) is 28.1 Å². The van der Waals surface area contributed by atoms with Crippen LogP contribution < -0.4 is 10.8 Å². The monoisotopic (exact) mass is 343 g/mol. The molecular formula is C13H16F3N7O. The van der Waals surface area contributed by atoms with E-state index in [2.05, 4.69) is 35.7 Å². The first-order valence-corrected chi connectivity index (χ1v) is 6.87. The van der Waals surface area contributed by atoms with Gasteiger partial charge < -0.3 is 5.32 Å². The van der Waals surface area contributed by atoms with Gasteiger partial charge >= 0.3 is 6.18 Å². The number of halogens is 3. The van der Waals surface area contributed by atoms with Gasteiger partial charge in [0.25, 0.3) is 5.95 Å². The van der Waals surface area contributed by atoms with Crippen LogP contribution in [0.5, 0.6) is 0 Å². The van der Waals surface area contributed by atoms with E-state index in [9.17, 15) is 13.2 Å². The van der Waals surface area contributed by atoms with Crippen molar-refractivity contribution in [2.75, 3.05) is 10.8 Å². The minimum Gasteiger partial charge on any atom is -0.308 e. The van der Waals surface area contributed by atoms with E-state index >= 15 is 0 Å². The predicted octanol–water partition coefficient (Wildman–Crippen LogP) is 2.87. The molecule has 2 aromatic rings. The molecule has 2 N–H and O–H groups in total. The summed E-state index contributed by atoms with van der Waals surface area (Å²) in [6, 6.07) is 1.27. The average Bonchev–Trinajstić information content (AvgIpc) is 2.43. The zero-order valence-corrected chi connectivity index (χ0v) is 13.4. The molecule has 2 rings (SSSR count). The van der Waals surface area contributed by atoms with Gasteiger partial charge in [-0.25, -0.2) is 15.4 Å². The highest BCUT2D eigenvalue weighted by atomic mass is 19.4. The molecule has 0 aliphatic carbocycles. The number of rotatable bonds is 4. The van der Waals surface area contributed by atoms with Crippen LogP contribution >= 0.6 is 0 Å². The molecular weight excluding hydrogens is 327 g/mol. The summed E-state index contributed by atoms with van der Waals surface area (Å²) < 4.78 is 37.9. The molecule has 8 nitrogen and oxygen atoms in total. The van der Waals surface area contributed by atoms with Crippen molar-refractivity contribution in [2.24, 2.45) is 0 Å². The Labute approximate surface area is 135 Å². The van der Waals surface area contributed by atoms with E-state index in [0.29, 0.717) is 5.82 Å². The summed E-state index contributed by atoms with van der Waals surface area (Å²) in [5.74, 6) is -0.865. The predicted molar refractivity (Wildman–Crippen MR) is 79.3 cm³/mol. The maximum Gasteiger partial charge on any atom is 0.451 e. The van der Waals surface area contributed by atoms with Crippen LogP contribution in [0.1, 0.15) is 32.4 Å². The van der Waals surface area contributed by atoms with Gasteiger partial charge in [0.15, 0.2) is 0 Å². The van der Waals surface area contributed by atoms with Crippen LogP contribution in [0.4, 0.5) is 30.9 Å². The van der Waals surface area contributed by atoms with Gasteiger partial charge in [0.05, 0.1) is 5.60 Å². The van der Waals surface area contributed by atoms with Gasteiger partial charge in [-0.1, -0.05) is 0 Å². The van der Waals surface area contributed by atoms with Crippen molar-refractivity contribution in [1.29, 1.82) is 0 Å². The fourth-order valence-electron chi connectivity index (χ4n) is 1.46. The fraction of sp³-hybridized carbons (Fsp3) is 0.462. The molecule has 0 bridgehead atoms.